The van der Waals surface area contributed by atoms with E-state index in [4.69, 9.17) is 108 Å². The molecule has 0 spiro atoms. The highest BCUT2D eigenvalue weighted by molar-refractivity contribution is 6.32. The zero-order valence-corrected chi connectivity index (χ0v) is 54.5. The van der Waals surface area contributed by atoms with E-state index in [1.807, 2.05) is 121 Å². The first-order chi connectivity index (χ1) is 43.8. The molecule has 0 fully saturated rings. The summed E-state index contributed by atoms with van der Waals surface area (Å²) in [4.78, 5) is 52.6. The number of hydrogen-bond acceptors (Lipinski definition) is 12. The van der Waals surface area contributed by atoms with Crippen LogP contribution in [0.5, 0.6) is 11.5 Å². The van der Waals surface area contributed by atoms with Crippen LogP contribution < -0.4 is 9.47 Å². The minimum atomic E-state index is -1.09. The van der Waals surface area contributed by atoms with Crippen LogP contribution in [-0.4, -0.2) is 88.9 Å². The van der Waals surface area contributed by atoms with Crippen LogP contribution in [0.25, 0.3) is 0 Å². The third kappa shape index (κ3) is 18.8. The largest absolute Gasteiger partial charge is 0.490 e. The van der Waals surface area contributed by atoms with Gasteiger partial charge in [0.25, 0.3) is 0 Å². The summed E-state index contributed by atoms with van der Waals surface area (Å²) in [5.41, 5.74) is 3.84. The number of ether oxygens (including phenoxy) is 8. The normalized spacial score (nSPS) is 12.2. The number of halogens is 6. The van der Waals surface area contributed by atoms with Gasteiger partial charge in [-0.25, -0.2) is 9.59 Å². The third-order valence-corrected chi connectivity index (χ3v) is 16.9. The van der Waals surface area contributed by atoms with Gasteiger partial charge in [-0.3, -0.25) is 9.59 Å². The van der Waals surface area contributed by atoms with E-state index in [9.17, 15) is 19.2 Å². The fourth-order valence-electron chi connectivity index (χ4n) is 10.6. The molecule has 2 atom stereocenters. The fraction of sp³-hybridized carbons (Fsp3) is 0.233. The van der Waals surface area contributed by atoms with Gasteiger partial charge in [0.15, 0.2) is 12.2 Å². The van der Waals surface area contributed by atoms with Gasteiger partial charge in [-0.05, 0) is 142 Å². The van der Waals surface area contributed by atoms with E-state index in [1.165, 1.54) is 0 Å². The summed E-state index contributed by atoms with van der Waals surface area (Å²) in [6.07, 6.45) is -0.0207. The van der Waals surface area contributed by atoms with E-state index in [-0.39, 0.29) is 65.7 Å². The van der Waals surface area contributed by atoms with Gasteiger partial charge in [-0.15, -0.1) is 0 Å². The van der Waals surface area contributed by atoms with Gasteiger partial charge in [0.1, 0.15) is 37.9 Å². The quantitative estimate of drug-likeness (QED) is 0.0130. The average Bonchev–Trinajstić information content (AvgIpc) is 0.793. The van der Waals surface area contributed by atoms with Gasteiger partial charge < -0.3 is 37.9 Å². The second-order valence-corrected chi connectivity index (χ2v) is 24.2. The second-order valence-electron chi connectivity index (χ2n) is 21.6. The van der Waals surface area contributed by atoms with Crippen molar-refractivity contribution in [3.63, 3.8) is 0 Å². The first-order valence-corrected chi connectivity index (χ1v) is 31.2. The number of rotatable bonds is 32. The van der Waals surface area contributed by atoms with Crippen LogP contribution >= 0.6 is 69.6 Å². The zero-order valence-electron chi connectivity index (χ0n) is 49.9. The topological polar surface area (TPSA) is 142 Å². The predicted octanol–water partition coefficient (Wildman–Crippen LogP) is 16.9. The lowest BCUT2D eigenvalue weighted by Crippen LogP contribution is -2.36. The van der Waals surface area contributed by atoms with E-state index in [0.29, 0.717) is 41.6 Å². The van der Waals surface area contributed by atoms with E-state index in [0.717, 1.165) is 56.7 Å². The molecule has 8 aromatic carbocycles. The molecular weight excluding hydrogens is 1280 g/mol. The molecule has 0 saturated carbocycles. The molecule has 472 valence electrons. The summed E-state index contributed by atoms with van der Waals surface area (Å²) in [5.74, 6) is -1.30. The molecule has 8 rings (SSSR count). The van der Waals surface area contributed by atoms with E-state index in [1.54, 1.807) is 72.8 Å². The molecule has 0 aliphatic rings. The Morgan fingerprint density at radius 3 is 0.846 bits per heavy atom. The summed E-state index contributed by atoms with van der Waals surface area (Å²) in [6, 6.07) is 58.9. The van der Waals surface area contributed by atoms with Gasteiger partial charge in [0.2, 0.25) is 0 Å². The molecule has 12 nitrogen and oxygen atoms in total. The Hall–Kier alpha value is -7.62. The monoisotopic (exact) mass is 1340 g/mol. The van der Waals surface area contributed by atoms with Gasteiger partial charge in [0.05, 0.1) is 50.1 Å². The van der Waals surface area contributed by atoms with Gasteiger partial charge in [0, 0.05) is 47.7 Å². The first-order valence-electron chi connectivity index (χ1n) is 29.0. The van der Waals surface area contributed by atoms with Crippen LogP contribution in [0.1, 0.15) is 71.2 Å². The first kappa shape index (κ1) is 69.3. The number of carbonyl (C=O) groups excluding carboxylic acids is 4. The lowest BCUT2D eigenvalue weighted by molar-refractivity contribution is -0.156. The summed E-state index contributed by atoms with van der Waals surface area (Å²) in [7, 11) is 0. The van der Waals surface area contributed by atoms with Crippen molar-refractivity contribution < 1.29 is 57.1 Å². The molecule has 0 saturated heterocycles. The maximum absolute atomic E-state index is 14.6. The van der Waals surface area contributed by atoms with Crippen molar-refractivity contribution in [1.82, 2.24) is 0 Å². The maximum atomic E-state index is 14.6. The zero-order chi connectivity index (χ0) is 65.0. The van der Waals surface area contributed by atoms with Crippen LogP contribution in [0, 0.1) is 0 Å². The molecule has 0 aliphatic heterocycles. The molecule has 0 heterocycles. The minimum absolute atomic E-state index is 0.0174. The summed E-state index contributed by atoms with van der Waals surface area (Å²) < 4.78 is 47.2. The van der Waals surface area contributed by atoms with Crippen molar-refractivity contribution in [1.29, 1.82) is 0 Å². The van der Waals surface area contributed by atoms with Crippen LogP contribution in [-0.2, 0) is 63.8 Å². The molecule has 0 bridgehead atoms. The van der Waals surface area contributed by atoms with Gasteiger partial charge in [-0.1, -0.05) is 194 Å². The highest BCUT2D eigenvalue weighted by atomic mass is 35.5. The van der Waals surface area contributed by atoms with Crippen molar-refractivity contribution in [2.45, 2.75) is 55.1 Å². The minimum Gasteiger partial charge on any atom is -0.490 e. The summed E-state index contributed by atoms with van der Waals surface area (Å²) >= 11 is 38.4. The Bertz CT molecular complexity index is 3230. The van der Waals surface area contributed by atoms with E-state index < -0.39 is 52.3 Å². The Labute approximate surface area is 560 Å². The molecule has 91 heavy (non-hydrogen) atoms. The number of hydrogen-bond donors (Lipinski definition) is 0. The fourth-order valence-corrected chi connectivity index (χ4v) is 11.3. The SMILES string of the molecule is C=CC(=O)OCCOCC(COc1ccc(C(C)(C)c2ccc(OCC(COCCOC(=O)C=C)OC(=O)CC(c3ccc(Cl)cc3)(c3ccc(Cl)cc3)c3ccc(Cl)cc3)cc2)cc1)OC(=O)CC(c1ccc(Cl)cc1)(c1ccc(Cl)cc1)c1ccc(Cl)cc1. The van der Waals surface area contributed by atoms with Crippen molar-refractivity contribution >= 4 is 93.5 Å². The Morgan fingerprint density at radius 1 is 0.363 bits per heavy atom. The molecule has 0 amide bonds. The number of carbonyl (C=O) groups is 4. The molecule has 0 N–H and O–H groups in total. The average molecular weight is 1350 g/mol. The Kier molecular flexibility index (Phi) is 25.2. The van der Waals surface area contributed by atoms with E-state index >= 15 is 0 Å². The third-order valence-electron chi connectivity index (χ3n) is 15.3. The number of esters is 4. The molecule has 8 aromatic rings. The Morgan fingerprint density at radius 2 is 0.604 bits per heavy atom. The van der Waals surface area contributed by atoms with Crippen molar-refractivity contribution in [3.8, 4) is 11.5 Å². The second kappa shape index (κ2) is 33.1. The van der Waals surface area contributed by atoms with Crippen molar-refractivity contribution in [2.75, 3.05) is 52.9 Å². The van der Waals surface area contributed by atoms with Crippen LogP contribution in [0.15, 0.2) is 219 Å². The van der Waals surface area contributed by atoms with E-state index in [2.05, 4.69) is 27.0 Å². The van der Waals surface area contributed by atoms with Crippen LogP contribution in [0.2, 0.25) is 30.1 Å². The standard InChI is InChI=1S/C73H66Cl6O12/c1-5-67(80)86-41-39-84-45-65(90-69(82)43-72(51-7-23-57(74)24-8-51,52-9-25-58(75)26-10-52)53-11-27-59(76)28-12-53)47-88-63-35-19-49(20-36-63)71(3,4)50-21-37-64(38-22-50)89-48-66(46-85-40-42-87-68(81)6-2)91-70(83)44-73(54-13-29-60(77)30-14-54,55-15-31-61(78)32-16-55)56-17-33-62(79)34-18-56/h5-38,65-66H,1-2,39-48H2,3-4H3. The highest BCUT2D eigenvalue weighted by Crippen LogP contribution is 2.46. The maximum Gasteiger partial charge on any atom is 0.330 e. The lowest BCUT2D eigenvalue weighted by Gasteiger charge is -2.36. The van der Waals surface area contributed by atoms with Crippen molar-refractivity contribution in [2.24, 2.45) is 0 Å². The molecule has 18 heteroatoms. The summed E-state index contributed by atoms with van der Waals surface area (Å²) in [6.45, 7) is 10.6. The smallest absolute Gasteiger partial charge is 0.330 e. The van der Waals surface area contributed by atoms with Crippen LogP contribution in [0.3, 0.4) is 0 Å². The molecule has 0 radical (unpaired) electrons. The molecular formula is C73H66Cl6O12. The van der Waals surface area contributed by atoms with Gasteiger partial charge >= 0.3 is 23.9 Å². The van der Waals surface area contributed by atoms with Crippen molar-refractivity contribution in [3.05, 3.63) is 294 Å². The lowest BCUT2D eigenvalue weighted by atomic mass is 9.67. The Balaban J connectivity index is 0.962. The summed E-state index contributed by atoms with van der Waals surface area (Å²) in [5, 5.41) is 3.13. The molecule has 2 unspecified atom stereocenters. The highest BCUT2D eigenvalue weighted by Gasteiger charge is 2.42. The molecule has 0 aliphatic carbocycles. The predicted molar refractivity (Wildman–Crippen MR) is 357 cm³/mol. The van der Waals surface area contributed by atoms with Gasteiger partial charge in [-0.2, -0.15) is 0 Å². The molecule has 0 aromatic heterocycles. The number of benzene rings is 8. The van der Waals surface area contributed by atoms with Crippen LogP contribution in [0.4, 0.5) is 0 Å².